The first kappa shape index (κ1) is 16.1. The molecule has 0 saturated heterocycles. The van der Waals surface area contributed by atoms with E-state index < -0.39 is 11.8 Å². The number of carboxylic acid groups (broad SMARTS) is 1. The SMILES string of the molecule is CC(CCN)CCC(=O)Nc1ccc(C(=O)O)cc1F. The number of benzene rings is 1. The Morgan fingerprint density at radius 3 is 2.65 bits per heavy atom. The molecular formula is C14H19FN2O3. The number of hydrogen-bond donors (Lipinski definition) is 3. The number of carbonyl (C=O) groups excluding carboxylic acids is 1. The van der Waals surface area contributed by atoms with Gasteiger partial charge in [-0.3, -0.25) is 4.79 Å². The highest BCUT2D eigenvalue weighted by molar-refractivity contribution is 5.92. The molecule has 1 aromatic rings. The second-order valence-electron chi connectivity index (χ2n) is 4.77. The fourth-order valence-electron chi connectivity index (χ4n) is 1.77. The highest BCUT2D eigenvalue weighted by atomic mass is 19.1. The van der Waals surface area contributed by atoms with Gasteiger partial charge < -0.3 is 16.2 Å². The van der Waals surface area contributed by atoms with E-state index in [9.17, 15) is 14.0 Å². The Hall–Kier alpha value is -1.95. The third kappa shape index (κ3) is 4.97. The quantitative estimate of drug-likeness (QED) is 0.715. The molecule has 0 heterocycles. The van der Waals surface area contributed by atoms with Crippen molar-refractivity contribution in [3.63, 3.8) is 0 Å². The Bertz CT molecular complexity index is 491. The van der Waals surface area contributed by atoms with Crippen molar-refractivity contribution in [3.8, 4) is 0 Å². The van der Waals surface area contributed by atoms with E-state index in [-0.39, 0.29) is 23.6 Å². The van der Waals surface area contributed by atoms with Crippen molar-refractivity contribution in [3.05, 3.63) is 29.6 Å². The first-order valence-electron chi connectivity index (χ1n) is 6.46. The Kier molecular flexibility index (Phi) is 6.11. The summed E-state index contributed by atoms with van der Waals surface area (Å²) in [4.78, 5) is 22.3. The van der Waals surface area contributed by atoms with Crippen LogP contribution in [0.4, 0.5) is 10.1 Å². The standard InChI is InChI=1S/C14H19FN2O3/c1-9(6-7-16)2-5-13(18)17-12-4-3-10(14(19)20)8-11(12)15/h3-4,8-9H,2,5-7,16H2,1H3,(H,17,18)(H,19,20). The first-order valence-corrected chi connectivity index (χ1v) is 6.46. The third-order valence-corrected chi connectivity index (χ3v) is 3.01. The summed E-state index contributed by atoms with van der Waals surface area (Å²) in [7, 11) is 0. The molecule has 0 saturated carbocycles. The highest BCUT2D eigenvalue weighted by Gasteiger charge is 2.11. The second-order valence-corrected chi connectivity index (χ2v) is 4.77. The van der Waals surface area contributed by atoms with Crippen molar-refractivity contribution in [2.75, 3.05) is 11.9 Å². The molecule has 4 N–H and O–H groups in total. The molecule has 6 heteroatoms. The van der Waals surface area contributed by atoms with Gasteiger partial charge in [0.05, 0.1) is 11.3 Å². The van der Waals surface area contributed by atoms with Gasteiger partial charge in [-0.15, -0.1) is 0 Å². The van der Waals surface area contributed by atoms with E-state index >= 15 is 0 Å². The number of carboxylic acids is 1. The molecular weight excluding hydrogens is 263 g/mol. The molecule has 0 bridgehead atoms. The highest BCUT2D eigenvalue weighted by Crippen LogP contribution is 2.17. The summed E-state index contributed by atoms with van der Waals surface area (Å²) in [6, 6.07) is 3.38. The fraction of sp³-hybridized carbons (Fsp3) is 0.429. The Morgan fingerprint density at radius 2 is 2.10 bits per heavy atom. The topological polar surface area (TPSA) is 92.4 Å². The number of carbonyl (C=O) groups is 2. The van der Waals surface area contributed by atoms with Crippen LogP contribution >= 0.6 is 0 Å². The minimum absolute atomic E-state index is 0.00789. The van der Waals surface area contributed by atoms with Crippen molar-refractivity contribution in [1.29, 1.82) is 0 Å². The van der Waals surface area contributed by atoms with Gasteiger partial charge in [0.2, 0.25) is 5.91 Å². The average molecular weight is 282 g/mol. The molecule has 1 atom stereocenters. The number of amides is 1. The van der Waals surface area contributed by atoms with Crippen molar-refractivity contribution in [2.24, 2.45) is 11.7 Å². The lowest BCUT2D eigenvalue weighted by Crippen LogP contribution is -2.15. The molecule has 110 valence electrons. The summed E-state index contributed by atoms with van der Waals surface area (Å²) in [5.74, 6) is -1.92. The van der Waals surface area contributed by atoms with Crippen LogP contribution in [0.15, 0.2) is 18.2 Å². The predicted molar refractivity (Wildman–Crippen MR) is 74.1 cm³/mol. The van der Waals surface area contributed by atoms with E-state index in [1.54, 1.807) is 0 Å². The van der Waals surface area contributed by atoms with E-state index in [0.29, 0.717) is 18.9 Å². The molecule has 0 aromatic heterocycles. The van der Waals surface area contributed by atoms with Crippen LogP contribution in [0.1, 0.15) is 36.5 Å². The third-order valence-electron chi connectivity index (χ3n) is 3.01. The smallest absolute Gasteiger partial charge is 0.335 e. The molecule has 1 aromatic carbocycles. The summed E-state index contributed by atoms with van der Waals surface area (Å²) < 4.78 is 13.6. The molecule has 0 fully saturated rings. The number of anilines is 1. The lowest BCUT2D eigenvalue weighted by atomic mass is 10.0. The predicted octanol–water partition coefficient (Wildman–Crippen LogP) is 2.23. The molecule has 0 aliphatic rings. The maximum atomic E-state index is 13.6. The summed E-state index contributed by atoms with van der Waals surface area (Å²) in [5.41, 5.74) is 5.26. The molecule has 0 spiro atoms. The van der Waals surface area contributed by atoms with Crippen LogP contribution in [0.3, 0.4) is 0 Å². The van der Waals surface area contributed by atoms with Gasteiger partial charge in [-0.2, -0.15) is 0 Å². The molecule has 20 heavy (non-hydrogen) atoms. The van der Waals surface area contributed by atoms with Crippen LogP contribution in [-0.2, 0) is 4.79 Å². The van der Waals surface area contributed by atoms with E-state index in [2.05, 4.69) is 5.32 Å². The lowest BCUT2D eigenvalue weighted by Gasteiger charge is -2.10. The van der Waals surface area contributed by atoms with Gasteiger partial charge >= 0.3 is 5.97 Å². The molecule has 1 unspecified atom stereocenters. The summed E-state index contributed by atoms with van der Waals surface area (Å²) in [5, 5.41) is 11.1. The monoisotopic (exact) mass is 282 g/mol. The second kappa shape index (κ2) is 7.59. The summed E-state index contributed by atoms with van der Waals surface area (Å²) >= 11 is 0. The maximum Gasteiger partial charge on any atom is 0.335 e. The van der Waals surface area contributed by atoms with Crippen LogP contribution in [0.5, 0.6) is 0 Å². The molecule has 0 aliphatic heterocycles. The van der Waals surface area contributed by atoms with E-state index in [4.69, 9.17) is 10.8 Å². The van der Waals surface area contributed by atoms with Crippen LogP contribution in [-0.4, -0.2) is 23.5 Å². The number of aromatic carboxylic acids is 1. The van der Waals surface area contributed by atoms with Gasteiger partial charge in [-0.25, -0.2) is 9.18 Å². The molecule has 1 amide bonds. The number of halogens is 1. The number of rotatable bonds is 7. The Labute approximate surface area is 117 Å². The Morgan fingerprint density at radius 1 is 1.40 bits per heavy atom. The minimum Gasteiger partial charge on any atom is -0.478 e. The van der Waals surface area contributed by atoms with Crippen LogP contribution in [0.2, 0.25) is 0 Å². The first-order chi connectivity index (χ1) is 9.43. The largest absolute Gasteiger partial charge is 0.478 e. The lowest BCUT2D eigenvalue weighted by molar-refractivity contribution is -0.116. The van der Waals surface area contributed by atoms with Crippen LogP contribution < -0.4 is 11.1 Å². The van der Waals surface area contributed by atoms with Gasteiger partial charge in [0, 0.05) is 6.42 Å². The normalized spacial score (nSPS) is 11.9. The number of nitrogens with one attached hydrogen (secondary N) is 1. The van der Waals surface area contributed by atoms with Crippen molar-refractivity contribution in [2.45, 2.75) is 26.2 Å². The van der Waals surface area contributed by atoms with Gasteiger partial charge in [0.1, 0.15) is 5.82 Å². The minimum atomic E-state index is -1.21. The van der Waals surface area contributed by atoms with E-state index in [0.717, 1.165) is 12.5 Å². The Balaban J connectivity index is 2.56. The molecule has 1 rings (SSSR count). The van der Waals surface area contributed by atoms with Crippen LogP contribution in [0.25, 0.3) is 0 Å². The van der Waals surface area contributed by atoms with Crippen molar-refractivity contribution < 1.29 is 19.1 Å². The fourth-order valence-corrected chi connectivity index (χ4v) is 1.77. The number of hydrogen-bond acceptors (Lipinski definition) is 3. The van der Waals surface area contributed by atoms with E-state index in [1.807, 2.05) is 6.92 Å². The maximum absolute atomic E-state index is 13.6. The van der Waals surface area contributed by atoms with E-state index in [1.165, 1.54) is 12.1 Å². The summed E-state index contributed by atoms with van der Waals surface area (Å²) in [6.07, 6.45) is 1.80. The van der Waals surface area contributed by atoms with Gasteiger partial charge in [-0.1, -0.05) is 6.92 Å². The number of nitrogens with two attached hydrogens (primary N) is 1. The molecule has 5 nitrogen and oxygen atoms in total. The van der Waals surface area contributed by atoms with Gasteiger partial charge in [0.15, 0.2) is 0 Å². The van der Waals surface area contributed by atoms with Gasteiger partial charge in [-0.05, 0) is 43.5 Å². The molecule has 0 radical (unpaired) electrons. The van der Waals surface area contributed by atoms with Gasteiger partial charge in [0.25, 0.3) is 0 Å². The zero-order chi connectivity index (χ0) is 15.1. The van der Waals surface area contributed by atoms with Crippen molar-refractivity contribution in [1.82, 2.24) is 0 Å². The van der Waals surface area contributed by atoms with Crippen LogP contribution in [0, 0.1) is 11.7 Å². The average Bonchev–Trinajstić information content (AvgIpc) is 2.39. The zero-order valence-corrected chi connectivity index (χ0v) is 11.4. The van der Waals surface area contributed by atoms with Crippen molar-refractivity contribution >= 4 is 17.6 Å². The zero-order valence-electron chi connectivity index (χ0n) is 11.4. The molecule has 0 aliphatic carbocycles. The summed E-state index contributed by atoms with van der Waals surface area (Å²) in [6.45, 7) is 2.58.